The second-order valence-electron chi connectivity index (χ2n) is 4.82. The van der Waals surface area contributed by atoms with Crippen LogP contribution in [0, 0.1) is 5.21 Å². The van der Waals surface area contributed by atoms with Gasteiger partial charge < -0.3 is 10.5 Å². The number of pyridine rings is 1. The lowest BCUT2D eigenvalue weighted by molar-refractivity contribution is -0.607. The minimum atomic E-state index is -0.353. The van der Waals surface area contributed by atoms with Gasteiger partial charge in [0.2, 0.25) is 0 Å². The van der Waals surface area contributed by atoms with Crippen molar-refractivity contribution in [3.05, 3.63) is 69.6 Å². The molecular weight excluding hydrogens is 276 g/mol. The summed E-state index contributed by atoms with van der Waals surface area (Å²) in [5.41, 5.74) is 2.34. The summed E-state index contributed by atoms with van der Waals surface area (Å²) in [6.45, 7) is 0. The SMILES string of the molecule is O=C(N[C@@H]1CCc2cc(Cl)ccc21)c1cccc[n+]1[O-]. The monoisotopic (exact) mass is 288 g/mol. The molecule has 4 nitrogen and oxygen atoms in total. The molecule has 1 aromatic carbocycles. The molecule has 0 spiro atoms. The molecule has 0 aliphatic heterocycles. The van der Waals surface area contributed by atoms with Gasteiger partial charge in [0.1, 0.15) is 0 Å². The fraction of sp³-hybridized carbons (Fsp3) is 0.200. The number of carbonyl (C=O) groups is 1. The van der Waals surface area contributed by atoms with Gasteiger partial charge in [-0.2, -0.15) is 4.73 Å². The van der Waals surface area contributed by atoms with Gasteiger partial charge in [-0.05, 0) is 42.2 Å². The lowest BCUT2D eigenvalue weighted by Gasteiger charge is -2.13. The van der Waals surface area contributed by atoms with E-state index >= 15 is 0 Å². The van der Waals surface area contributed by atoms with Crippen molar-refractivity contribution in [3.8, 4) is 0 Å². The first-order chi connectivity index (χ1) is 9.65. The second kappa shape index (κ2) is 5.13. The molecule has 0 saturated heterocycles. The summed E-state index contributed by atoms with van der Waals surface area (Å²) in [4.78, 5) is 12.1. The number of nitrogens with one attached hydrogen (secondary N) is 1. The van der Waals surface area contributed by atoms with Crippen LogP contribution in [0.5, 0.6) is 0 Å². The lowest BCUT2D eigenvalue weighted by Crippen LogP contribution is -2.39. The van der Waals surface area contributed by atoms with Crippen LogP contribution in [0.25, 0.3) is 0 Å². The van der Waals surface area contributed by atoms with Gasteiger partial charge in [0.05, 0.1) is 6.04 Å². The molecule has 0 fully saturated rings. The molecule has 102 valence electrons. The highest BCUT2D eigenvalue weighted by molar-refractivity contribution is 6.30. The number of aryl methyl sites for hydroxylation is 1. The van der Waals surface area contributed by atoms with Crippen molar-refractivity contribution in [3.63, 3.8) is 0 Å². The maximum atomic E-state index is 12.1. The summed E-state index contributed by atoms with van der Waals surface area (Å²) >= 11 is 5.96. The van der Waals surface area contributed by atoms with Crippen LogP contribution in [-0.2, 0) is 6.42 Å². The molecule has 1 aliphatic carbocycles. The van der Waals surface area contributed by atoms with E-state index in [0.717, 1.165) is 24.0 Å². The summed E-state index contributed by atoms with van der Waals surface area (Å²) in [6.07, 6.45) is 3.03. The zero-order valence-corrected chi connectivity index (χ0v) is 11.4. The lowest BCUT2D eigenvalue weighted by atomic mass is 10.1. The van der Waals surface area contributed by atoms with Crippen molar-refractivity contribution in [2.24, 2.45) is 0 Å². The first-order valence-electron chi connectivity index (χ1n) is 6.42. The summed E-state index contributed by atoms with van der Waals surface area (Å²) in [5, 5.41) is 15.2. The van der Waals surface area contributed by atoms with Gasteiger partial charge >= 0.3 is 5.91 Å². The normalized spacial score (nSPS) is 16.8. The standard InChI is InChI=1S/C15H13ClN2O2/c16-11-5-6-12-10(9-11)4-7-13(12)17-15(19)14-3-1-2-8-18(14)20/h1-3,5-6,8-9,13H,4,7H2,(H,17,19)/t13-/m1/s1. The molecule has 20 heavy (non-hydrogen) atoms. The van der Waals surface area contributed by atoms with E-state index < -0.39 is 0 Å². The predicted octanol–water partition coefficient (Wildman–Crippen LogP) is 2.39. The average molecular weight is 289 g/mol. The molecule has 1 atom stereocenters. The third kappa shape index (κ3) is 2.34. The number of hydrogen-bond donors (Lipinski definition) is 1. The maximum absolute atomic E-state index is 12.1. The zero-order valence-electron chi connectivity index (χ0n) is 10.7. The number of benzene rings is 1. The van der Waals surface area contributed by atoms with Crippen molar-refractivity contribution >= 4 is 17.5 Å². The van der Waals surface area contributed by atoms with Gasteiger partial charge in [0.15, 0.2) is 6.20 Å². The van der Waals surface area contributed by atoms with E-state index in [1.807, 2.05) is 18.2 Å². The first-order valence-corrected chi connectivity index (χ1v) is 6.80. The van der Waals surface area contributed by atoms with Crippen molar-refractivity contribution < 1.29 is 9.52 Å². The number of nitrogens with zero attached hydrogens (tertiary/aromatic N) is 1. The van der Waals surface area contributed by atoms with Crippen LogP contribution in [0.4, 0.5) is 0 Å². The topological polar surface area (TPSA) is 56.0 Å². The molecular formula is C15H13ClN2O2. The highest BCUT2D eigenvalue weighted by Crippen LogP contribution is 2.32. The Hall–Kier alpha value is -2.07. The fourth-order valence-corrected chi connectivity index (χ4v) is 2.77. The molecule has 1 heterocycles. The van der Waals surface area contributed by atoms with Crippen LogP contribution in [0.1, 0.15) is 34.1 Å². The Balaban J connectivity index is 1.81. The third-order valence-electron chi connectivity index (χ3n) is 3.54. The highest BCUT2D eigenvalue weighted by Gasteiger charge is 2.26. The van der Waals surface area contributed by atoms with Crippen molar-refractivity contribution in [1.82, 2.24) is 5.32 Å². The van der Waals surface area contributed by atoms with Gasteiger partial charge in [-0.15, -0.1) is 0 Å². The Kier molecular flexibility index (Phi) is 3.32. The van der Waals surface area contributed by atoms with E-state index in [1.165, 1.54) is 12.3 Å². The van der Waals surface area contributed by atoms with Gasteiger partial charge in [0, 0.05) is 17.2 Å². The number of aromatic nitrogens is 1. The Morgan fingerprint density at radius 1 is 1.35 bits per heavy atom. The molecule has 1 aliphatic rings. The smallest absolute Gasteiger partial charge is 0.317 e. The van der Waals surface area contributed by atoms with E-state index in [0.29, 0.717) is 9.75 Å². The molecule has 1 aromatic heterocycles. The van der Waals surface area contributed by atoms with Crippen molar-refractivity contribution in [2.75, 3.05) is 0 Å². The third-order valence-corrected chi connectivity index (χ3v) is 3.78. The average Bonchev–Trinajstić information content (AvgIpc) is 2.81. The predicted molar refractivity (Wildman–Crippen MR) is 75.4 cm³/mol. The highest BCUT2D eigenvalue weighted by atomic mass is 35.5. The van der Waals surface area contributed by atoms with E-state index in [4.69, 9.17) is 11.6 Å². The van der Waals surface area contributed by atoms with Gasteiger partial charge in [0.25, 0.3) is 5.69 Å². The van der Waals surface area contributed by atoms with Crippen LogP contribution in [0.15, 0.2) is 42.6 Å². The molecule has 1 amide bonds. The Morgan fingerprint density at radius 2 is 2.20 bits per heavy atom. The number of carbonyl (C=O) groups excluding carboxylic acids is 1. The summed E-state index contributed by atoms with van der Waals surface area (Å²) in [6, 6.07) is 10.4. The molecule has 2 aromatic rings. The van der Waals surface area contributed by atoms with Crippen LogP contribution in [0.3, 0.4) is 0 Å². The molecule has 0 radical (unpaired) electrons. The minimum Gasteiger partial charge on any atom is -0.618 e. The Bertz CT molecular complexity index is 673. The number of fused-ring (bicyclic) bond motifs is 1. The number of halogens is 1. The minimum absolute atomic E-state index is 0.0602. The Labute approximate surface area is 121 Å². The largest absolute Gasteiger partial charge is 0.618 e. The van der Waals surface area contributed by atoms with Gasteiger partial charge in [-0.25, -0.2) is 0 Å². The number of amides is 1. The maximum Gasteiger partial charge on any atom is 0.317 e. The van der Waals surface area contributed by atoms with Crippen LogP contribution in [-0.4, -0.2) is 5.91 Å². The van der Waals surface area contributed by atoms with Crippen LogP contribution < -0.4 is 10.0 Å². The molecule has 0 unspecified atom stereocenters. The number of rotatable bonds is 2. The number of hydrogen-bond acceptors (Lipinski definition) is 2. The molecule has 0 saturated carbocycles. The second-order valence-corrected chi connectivity index (χ2v) is 5.26. The van der Waals surface area contributed by atoms with E-state index in [-0.39, 0.29) is 17.6 Å². The summed E-state index contributed by atoms with van der Waals surface area (Å²) in [5.74, 6) is -0.353. The van der Waals surface area contributed by atoms with Crippen molar-refractivity contribution in [2.45, 2.75) is 18.9 Å². The van der Waals surface area contributed by atoms with Gasteiger partial charge in [-0.1, -0.05) is 17.7 Å². The summed E-state index contributed by atoms with van der Waals surface area (Å²) < 4.78 is 0.576. The van der Waals surface area contributed by atoms with E-state index in [9.17, 15) is 10.0 Å². The fourth-order valence-electron chi connectivity index (χ4n) is 2.57. The van der Waals surface area contributed by atoms with Crippen LogP contribution >= 0.6 is 11.6 Å². The Morgan fingerprint density at radius 3 is 3.00 bits per heavy atom. The quantitative estimate of drug-likeness (QED) is 0.681. The summed E-state index contributed by atoms with van der Waals surface area (Å²) in [7, 11) is 0. The zero-order chi connectivity index (χ0) is 14.1. The van der Waals surface area contributed by atoms with E-state index in [2.05, 4.69) is 5.32 Å². The van der Waals surface area contributed by atoms with Gasteiger partial charge in [-0.3, -0.25) is 4.79 Å². The van der Waals surface area contributed by atoms with Crippen LogP contribution in [0.2, 0.25) is 5.02 Å². The first kappa shape index (κ1) is 12.9. The molecule has 5 heteroatoms. The molecule has 3 rings (SSSR count). The molecule has 0 bridgehead atoms. The van der Waals surface area contributed by atoms with E-state index in [1.54, 1.807) is 12.1 Å². The van der Waals surface area contributed by atoms with Crippen molar-refractivity contribution in [1.29, 1.82) is 0 Å². The molecule has 1 N–H and O–H groups in total.